The van der Waals surface area contributed by atoms with Gasteiger partial charge in [-0.1, -0.05) is 28.1 Å². The van der Waals surface area contributed by atoms with Crippen molar-refractivity contribution in [2.75, 3.05) is 5.32 Å². The topological polar surface area (TPSA) is 51.2 Å². The van der Waals surface area contributed by atoms with Gasteiger partial charge in [-0.25, -0.2) is 4.98 Å². The molecule has 0 spiro atoms. The number of pyridine rings is 1. The Morgan fingerprint density at radius 1 is 1.26 bits per heavy atom. The summed E-state index contributed by atoms with van der Waals surface area (Å²) in [6.07, 6.45) is 1.59. The molecule has 0 unspecified atom stereocenters. The van der Waals surface area contributed by atoms with Crippen molar-refractivity contribution in [1.29, 1.82) is 0 Å². The van der Waals surface area contributed by atoms with E-state index in [2.05, 4.69) is 26.2 Å². The molecule has 1 aromatic heterocycles. The molecule has 0 radical (unpaired) electrons. The molecule has 2 aromatic rings. The maximum absolute atomic E-state index is 10.9. The normalized spacial score (nSPS) is 10.0. The van der Waals surface area contributed by atoms with E-state index in [-0.39, 0.29) is 5.91 Å². The van der Waals surface area contributed by atoms with E-state index < -0.39 is 0 Å². The molecule has 0 bridgehead atoms. The van der Waals surface area contributed by atoms with E-state index in [0.29, 0.717) is 18.2 Å². The van der Waals surface area contributed by atoms with Crippen LogP contribution in [0.2, 0.25) is 0 Å². The van der Waals surface area contributed by atoms with Crippen LogP contribution in [-0.4, -0.2) is 10.9 Å². The molecule has 0 saturated carbocycles. The van der Waals surface area contributed by atoms with Crippen molar-refractivity contribution in [3.05, 3.63) is 52.6 Å². The fourth-order valence-corrected chi connectivity index (χ4v) is 1.73. The highest BCUT2D eigenvalue weighted by atomic mass is 79.9. The third-order valence-corrected chi connectivity index (χ3v) is 2.89. The Labute approximate surface area is 119 Å². The second-order valence-corrected chi connectivity index (χ2v) is 4.89. The van der Waals surface area contributed by atoms with E-state index in [4.69, 9.17) is 4.74 Å². The number of nitrogens with zero attached hydrogens (tertiary/aromatic N) is 1. The third-order valence-electron chi connectivity index (χ3n) is 2.36. The number of carbonyl (C=O) groups is 1. The average Bonchev–Trinajstić information content (AvgIpc) is 2.39. The van der Waals surface area contributed by atoms with Crippen LogP contribution in [0.15, 0.2) is 47.1 Å². The predicted octanol–water partition coefficient (Wildman–Crippen LogP) is 3.38. The number of rotatable bonds is 4. The Bertz CT molecular complexity index is 553. The average molecular weight is 321 g/mol. The Morgan fingerprint density at radius 2 is 2.00 bits per heavy atom. The summed E-state index contributed by atoms with van der Waals surface area (Å²) in [7, 11) is 0. The largest absolute Gasteiger partial charge is 0.487 e. The van der Waals surface area contributed by atoms with Gasteiger partial charge in [0.2, 0.25) is 5.91 Å². The molecular formula is C14H13BrN2O2. The van der Waals surface area contributed by atoms with Gasteiger partial charge in [-0.3, -0.25) is 4.79 Å². The molecule has 0 fully saturated rings. The summed E-state index contributed by atoms with van der Waals surface area (Å²) in [5.74, 6) is 1.04. The first kappa shape index (κ1) is 13.5. The van der Waals surface area contributed by atoms with Crippen LogP contribution < -0.4 is 10.1 Å². The van der Waals surface area contributed by atoms with Gasteiger partial charge >= 0.3 is 0 Å². The fourth-order valence-electron chi connectivity index (χ4n) is 1.47. The molecule has 1 amide bonds. The van der Waals surface area contributed by atoms with Crippen molar-refractivity contribution >= 4 is 27.7 Å². The zero-order chi connectivity index (χ0) is 13.7. The van der Waals surface area contributed by atoms with Crippen molar-refractivity contribution < 1.29 is 9.53 Å². The number of benzene rings is 1. The molecule has 1 N–H and O–H groups in total. The van der Waals surface area contributed by atoms with E-state index in [1.165, 1.54) is 6.92 Å². The molecule has 0 atom stereocenters. The van der Waals surface area contributed by atoms with E-state index in [1.54, 1.807) is 18.3 Å². The van der Waals surface area contributed by atoms with Gasteiger partial charge in [-0.15, -0.1) is 0 Å². The van der Waals surface area contributed by atoms with Gasteiger partial charge in [0, 0.05) is 11.4 Å². The Balaban J connectivity index is 1.92. The SMILES string of the molecule is CC(=O)Nc1ccc(OCc2ccc(Br)cc2)cn1. The lowest BCUT2D eigenvalue weighted by molar-refractivity contribution is -0.114. The summed E-state index contributed by atoms with van der Waals surface area (Å²) in [6.45, 7) is 1.92. The molecule has 5 heteroatoms. The molecule has 1 aromatic carbocycles. The molecule has 19 heavy (non-hydrogen) atoms. The van der Waals surface area contributed by atoms with Crippen LogP contribution in [0.25, 0.3) is 0 Å². The van der Waals surface area contributed by atoms with Gasteiger partial charge in [0.1, 0.15) is 18.2 Å². The van der Waals surface area contributed by atoms with Crippen LogP contribution in [-0.2, 0) is 11.4 Å². The molecule has 2 rings (SSSR count). The molecule has 1 heterocycles. The second-order valence-electron chi connectivity index (χ2n) is 3.98. The highest BCUT2D eigenvalue weighted by molar-refractivity contribution is 9.10. The monoisotopic (exact) mass is 320 g/mol. The number of anilines is 1. The van der Waals surface area contributed by atoms with Gasteiger partial charge in [0.05, 0.1) is 6.20 Å². The van der Waals surface area contributed by atoms with Crippen molar-refractivity contribution in [3.8, 4) is 5.75 Å². The first-order valence-corrected chi connectivity index (χ1v) is 6.53. The Morgan fingerprint density at radius 3 is 2.58 bits per heavy atom. The number of aromatic nitrogens is 1. The summed E-state index contributed by atoms with van der Waals surface area (Å²) < 4.78 is 6.64. The lowest BCUT2D eigenvalue weighted by Gasteiger charge is -2.07. The molecule has 0 aliphatic rings. The minimum absolute atomic E-state index is 0.143. The number of nitrogens with one attached hydrogen (secondary N) is 1. The van der Waals surface area contributed by atoms with Gasteiger partial charge in [-0.05, 0) is 29.8 Å². The number of amides is 1. The molecular weight excluding hydrogens is 308 g/mol. The van der Waals surface area contributed by atoms with Crippen LogP contribution in [0.3, 0.4) is 0 Å². The summed E-state index contributed by atoms with van der Waals surface area (Å²) in [6, 6.07) is 11.4. The van der Waals surface area contributed by atoms with Crippen molar-refractivity contribution in [2.45, 2.75) is 13.5 Å². The highest BCUT2D eigenvalue weighted by Crippen LogP contribution is 2.15. The zero-order valence-corrected chi connectivity index (χ0v) is 12.0. The summed E-state index contributed by atoms with van der Waals surface area (Å²) >= 11 is 3.38. The van der Waals surface area contributed by atoms with Gasteiger partial charge in [0.15, 0.2) is 0 Å². The van der Waals surface area contributed by atoms with Gasteiger partial charge < -0.3 is 10.1 Å². The van der Waals surface area contributed by atoms with E-state index in [9.17, 15) is 4.79 Å². The fraction of sp³-hybridized carbons (Fsp3) is 0.143. The van der Waals surface area contributed by atoms with E-state index >= 15 is 0 Å². The number of carbonyl (C=O) groups excluding carboxylic acids is 1. The van der Waals surface area contributed by atoms with Crippen LogP contribution in [0.4, 0.5) is 5.82 Å². The van der Waals surface area contributed by atoms with Crippen LogP contribution in [0.1, 0.15) is 12.5 Å². The molecule has 0 aliphatic carbocycles. The maximum atomic E-state index is 10.9. The molecule has 0 aliphatic heterocycles. The second kappa shape index (κ2) is 6.33. The number of halogens is 1. The summed E-state index contributed by atoms with van der Waals surface area (Å²) in [4.78, 5) is 14.9. The van der Waals surface area contributed by atoms with Crippen LogP contribution >= 0.6 is 15.9 Å². The van der Waals surface area contributed by atoms with Gasteiger partial charge in [0.25, 0.3) is 0 Å². The predicted molar refractivity (Wildman–Crippen MR) is 77.0 cm³/mol. The Hall–Kier alpha value is -1.88. The first-order valence-electron chi connectivity index (χ1n) is 5.74. The maximum Gasteiger partial charge on any atom is 0.222 e. The number of ether oxygens (including phenoxy) is 1. The Kier molecular flexibility index (Phi) is 4.52. The molecule has 0 saturated heterocycles. The van der Waals surface area contributed by atoms with E-state index in [0.717, 1.165) is 10.0 Å². The first-order chi connectivity index (χ1) is 9.13. The molecule has 4 nitrogen and oxygen atoms in total. The van der Waals surface area contributed by atoms with Gasteiger partial charge in [-0.2, -0.15) is 0 Å². The summed E-state index contributed by atoms with van der Waals surface area (Å²) in [5, 5.41) is 2.60. The number of hydrogen-bond acceptors (Lipinski definition) is 3. The minimum atomic E-state index is -0.143. The summed E-state index contributed by atoms with van der Waals surface area (Å²) in [5.41, 5.74) is 1.08. The number of hydrogen-bond donors (Lipinski definition) is 1. The van der Waals surface area contributed by atoms with Crippen LogP contribution in [0.5, 0.6) is 5.75 Å². The molecule has 98 valence electrons. The van der Waals surface area contributed by atoms with Crippen molar-refractivity contribution in [2.24, 2.45) is 0 Å². The minimum Gasteiger partial charge on any atom is -0.487 e. The lowest BCUT2D eigenvalue weighted by Crippen LogP contribution is -2.07. The third kappa shape index (κ3) is 4.37. The highest BCUT2D eigenvalue weighted by Gasteiger charge is 1.99. The standard InChI is InChI=1S/C14H13BrN2O2/c1-10(18)17-14-7-6-13(8-16-14)19-9-11-2-4-12(15)5-3-11/h2-8H,9H2,1H3,(H,16,17,18). The quantitative estimate of drug-likeness (QED) is 0.939. The van der Waals surface area contributed by atoms with Crippen molar-refractivity contribution in [3.63, 3.8) is 0 Å². The van der Waals surface area contributed by atoms with E-state index in [1.807, 2.05) is 24.3 Å². The smallest absolute Gasteiger partial charge is 0.222 e. The van der Waals surface area contributed by atoms with Crippen LogP contribution in [0, 0.1) is 0 Å². The zero-order valence-electron chi connectivity index (χ0n) is 10.4. The lowest BCUT2D eigenvalue weighted by atomic mass is 10.2. The van der Waals surface area contributed by atoms with Crippen molar-refractivity contribution in [1.82, 2.24) is 4.98 Å².